The van der Waals surface area contributed by atoms with E-state index in [0.717, 1.165) is 6.54 Å². The Morgan fingerprint density at radius 2 is 2.00 bits per heavy atom. The molecule has 0 radical (unpaired) electrons. The van der Waals surface area contributed by atoms with Crippen molar-refractivity contribution in [3.63, 3.8) is 0 Å². The fourth-order valence-electron chi connectivity index (χ4n) is 0.301. The van der Waals surface area contributed by atoms with Crippen molar-refractivity contribution < 1.29 is 6.22 Å². The van der Waals surface area contributed by atoms with E-state index in [9.17, 15) is 4.79 Å². The highest BCUT2D eigenvalue weighted by Crippen LogP contribution is 1.74. The molecule has 0 aromatic heterocycles. The Bertz CT molecular complexity index is 66.6. The van der Waals surface area contributed by atoms with Gasteiger partial charge in [0.25, 0.3) is 0 Å². The van der Waals surface area contributed by atoms with Gasteiger partial charge in [0.1, 0.15) is 5.78 Å². The minimum absolute atomic E-state index is 0. The maximum atomic E-state index is 10.2. The summed E-state index contributed by atoms with van der Waals surface area (Å²) in [6.07, 6.45) is 0.649. The normalized spacial score (nSPS) is 7.56. The first-order valence-electron chi connectivity index (χ1n) is 3.41. The average Bonchev–Trinajstić information content (AvgIpc) is 1.88. The van der Waals surface area contributed by atoms with Crippen LogP contribution in [0.5, 0.6) is 0 Å². The van der Waals surface area contributed by atoms with Crippen LogP contribution in [0.25, 0.3) is 0 Å². The molecule has 0 aliphatic rings. The Balaban J connectivity index is -0.000000149. The third-order valence-electron chi connectivity index (χ3n) is 0.727. The number of carbonyl (C=O) groups excluding carboxylic acids is 1. The fourth-order valence-corrected chi connectivity index (χ4v) is 0.301. The van der Waals surface area contributed by atoms with Crippen molar-refractivity contribution in [2.45, 2.75) is 27.2 Å². The van der Waals surface area contributed by atoms with Gasteiger partial charge in [-0.05, 0) is 14.0 Å². The van der Waals surface area contributed by atoms with Crippen molar-refractivity contribution in [3.8, 4) is 0 Å². The molecular weight excluding hydrogens is 114 g/mol. The first-order valence-corrected chi connectivity index (χ1v) is 3.41. The fraction of sp³-hybridized carbons (Fsp3) is 0.857. The van der Waals surface area contributed by atoms with Crippen molar-refractivity contribution in [3.05, 3.63) is 0 Å². The minimum atomic E-state index is 0. The molecule has 0 aromatic rings. The Morgan fingerprint density at radius 1 is 1.56 bits per heavy atom. The summed E-state index contributed by atoms with van der Waals surface area (Å²) in [6.45, 7) is 6.40. The second-order valence-electron chi connectivity index (χ2n) is 1.56. The van der Waals surface area contributed by atoms with Gasteiger partial charge in [0.05, 0.1) is 0 Å². The number of hydrogen-bond donors (Lipinski definition) is 1. The Morgan fingerprint density at radius 3 is 2.11 bits per heavy atom. The van der Waals surface area contributed by atoms with Crippen LogP contribution >= 0.6 is 0 Å². The summed E-state index contributed by atoms with van der Waals surface area (Å²) in [5.41, 5.74) is 0. The lowest BCUT2D eigenvalue weighted by atomic mass is 10.3. The van der Waals surface area contributed by atoms with Crippen LogP contribution in [-0.2, 0) is 4.79 Å². The summed E-state index contributed by atoms with van der Waals surface area (Å²) >= 11 is 0. The van der Waals surface area contributed by atoms with Crippen molar-refractivity contribution in [1.82, 2.24) is 5.32 Å². The minimum Gasteiger partial charge on any atom is -0.319 e. The molecule has 0 amide bonds. The Hall–Kier alpha value is -0.370. The van der Waals surface area contributed by atoms with Crippen molar-refractivity contribution >= 4 is 5.78 Å². The lowest BCUT2D eigenvalue weighted by molar-refractivity contribution is -0.116. The molecule has 0 atom stereocenters. The summed E-state index contributed by atoms with van der Waals surface area (Å²) in [4.78, 5) is 10.2. The maximum Gasteiger partial charge on any atom is 0.131 e. The summed E-state index contributed by atoms with van der Waals surface area (Å²) < 4.78 is 0. The van der Waals surface area contributed by atoms with Gasteiger partial charge >= 0.3 is 0 Å². The molecule has 0 unspecified atom stereocenters. The van der Waals surface area contributed by atoms with Crippen LogP contribution in [0.15, 0.2) is 0 Å². The van der Waals surface area contributed by atoms with E-state index in [-0.39, 0.29) is 7.21 Å². The molecule has 0 aliphatic carbocycles. The second-order valence-corrected chi connectivity index (χ2v) is 1.56. The standard InChI is InChI=1S/C5H11NO.C2H6.H2/c1-5(7)3-4-6-2;1-2;/h6H,3-4H2,1-2H3;1-2H3;1H. The molecule has 0 saturated carbocycles. The monoisotopic (exact) mass is 133 g/mol. The second kappa shape index (κ2) is 10.6. The molecule has 0 heterocycles. The van der Waals surface area contributed by atoms with Crippen LogP contribution in [0.1, 0.15) is 28.6 Å². The zero-order valence-electron chi connectivity index (χ0n) is 6.82. The third-order valence-corrected chi connectivity index (χ3v) is 0.727. The van der Waals surface area contributed by atoms with E-state index in [0.29, 0.717) is 6.42 Å². The summed E-state index contributed by atoms with van der Waals surface area (Å²) in [6, 6.07) is 0. The summed E-state index contributed by atoms with van der Waals surface area (Å²) in [5, 5.41) is 2.88. The van der Waals surface area contributed by atoms with Crippen molar-refractivity contribution in [2.24, 2.45) is 0 Å². The van der Waals surface area contributed by atoms with Gasteiger partial charge in [0.2, 0.25) is 0 Å². The highest BCUT2D eigenvalue weighted by Gasteiger charge is 1.86. The van der Waals surface area contributed by atoms with Gasteiger partial charge in [-0.1, -0.05) is 13.8 Å². The van der Waals surface area contributed by atoms with Crippen LogP contribution in [0.2, 0.25) is 0 Å². The van der Waals surface area contributed by atoms with Gasteiger partial charge in [0, 0.05) is 14.4 Å². The number of rotatable bonds is 3. The lowest BCUT2D eigenvalue weighted by Gasteiger charge is -1.89. The van der Waals surface area contributed by atoms with E-state index in [1.54, 1.807) is 6.92 Å². The van der Waals surface area contributed by atoms with Crippen LogP contribution in [-0.4, -0.2) is 19.4 Å². The van der Waals surface area contributed by atoms with E-state index in [1.807, 2.05) is 20.9 Å². The molecule has 2 heteroatoms. The van der Waals surface area contributed by atoms with Crippen molar-refractivity contribution in [1.29, 1.82) is 0 Å². The molecule has 9 heavy (non-hydrogen) atoms. The van der Waals surface area contributed by atoms with Crippen LogP contribution in [0, 0.1) is 0 Å². The summed E-state index contributed by atoms with van der Waals surface area (Å²) in [5.74, 6) is 0.245. The van der Waals surface area contributed by atoms with Gasteiger partial charge in [-0.3, -0.25) is 4.79 Å². The molecule has 0 saturated heterocycles. The number of hydrogen-bond acceptors (Lipinski definition) is 2. The Kier molecular flexibility index (Phi) is 13.4. The van der Waals surface area contributed by atoms with Crippen LogP contribution < -0.4 is 5.32 Å². The summed E-state index contributed by atoms with van der Waals surface area (Å²) in [7, 11) is 1.84. The molecule has 58 valence electrons. The van der Waals surface area contributed by atoms with E-state index >= 15 is 0 Å². The zero-order valence-corrected chi connectivity index (χ0v) is 6.82. The smallest absolute Gasteiger partial charge is 0.131 e. The molecule has 0 fully saturated rings. The predicted molar refractivity (Wildman–Crippen MR) is 42.7 cm³/mol. The molecule has 2 nitrogen and oxygen atoms in total. The maximum absolute atomic E-state index is 10.2. The highest BCUT2D eigenvalue weighted by atomic mass is 16.1. The highest BCUT2D eigenvalue weighted by molar-refractivity contribution is 5.75. The third kappa shape index (κ3) is 18.4. The van der Waals surface area contributed by atoms with Gasteiger partial charge in [-0.25, -0.2) is 0 Å². The molecule has 1 N–H and O–H groups in total. The molecule has 0 aromatic carbocycles. The van der Waals surface area contributed by atoms with Gasteiger partial charge in [-0.2, -0.15) is 0 Å². The molecular formula is C7H19NO. The zero-order chi connectivity index (χ0) is 7.70. The predicted octanol–water partition coefficient (Wildman–Crippen LogP) is 1.46. The van der Waals surface area contributed by atoms with Gasteiger partial charge < -0.3 is 5.32 Å². The average molecular weight is 133 g/mol. The molecule has 0 bridgehead atoms. The first-order chi connectivity index (χ1) is 4.27. The SMILES string of the molecule is CC.CNCCC(C)=O.[HH]. The topological polar surface area (TPSA) is 29.1 Å². The first kappa shape index (κ1) is 11.4. The number of Topliss-reactive ketones (excluding diaryl/α,β-unsaturated/α-hetero) is 1. The lowest BCUT2D eigenvalue weighted by Crippen LogP contribution is -2.10. The number of carbonyl (C=O) groups is 1. The quantitative estimate of drug-likeness (QED) is 0.631. The largest absolute Gasteiger partial charge is 0.319 e. The van der Waals surface area contributed by atoms with E-state index in [2.05, 4.69) is 5.32 Å². The van der Waals surface area contributed by atoms with Crippen LogP contribution in [0.3, 0.4) is 0 Å². The number of ketones is 1. The van der Waals surface area contributed by atoms with Crippen molar-refractivity contribution in [2.75, 3.05) is 13.6 Å². The van der Waals surface area contributed by atoms with Crippen LogP contribution in [0.4, 0.5) is 0 Å². The number of nitrogens with one attached hydrogen (secondary N) is 1. The van der Waals surface area contributed by atoms with Gasteiger partial charge in [0.15, 0.2) is 0 Å². The van der Waals surface area contributed by atoms with E-state index in [1.165, 1.54) is 0 Å². The molecule has 0 spiro atoms. The van der Waals surface area contributed by atoms with E-state index < -0.39 is 0 Å². The van der Waals surface area contributed by atoms with Gasteiger partial charge in [-0.15, -0.1) is 0 Å². The van der Waals surface area contributed by atoms with E-state index in [4.69, 9.17) is 0 Å². The molecule has 0 aliphatic heterocycles. The Labute approximate surface area is 59.1 Å². The molecule has 0 rings (SSSR count).